The third kappa shape index (κ3) is 3.47. The van der Waals surface area contributed by atoms with Crippen LogP contribution in [0.3, 0.4) is 0 Å². The van der Waals surface area contributed by atoms with Crippen LogP contribution >= 0.6 is 0 Å². The topological polar surface area (TPSA) is 66.5 Å². The Morgan fingerprint density at radius 2 is 1.96 bits per heavy atom. The van der Waals surface area contributed by atoms with Crippen molar-refractivity contribution in [3.63, 3.8) is 0 Å². The molecule has 25 heavy (non-hydrogen) atoms. The van der Waals surface area contributed by atoms with Gasteiger partial charge in [0, 0.05) is 25.2 Å². The summed E-state index contributed by atoms with van der Waals surface area (Å²) in [6.45, 7) is 1.17. The normalized spacial score (nSPS) is 29.2. The second kappa shape index (κ2) is 6.72. The summed E-state index contributed by atoms with van der Waals surface area (Å²) in [5, 5.41) is 2.91. The lowest BCUT2D eigenvalue weighted by atomic mass is 9.86. The molecule has 5 nitrogen and oxygen atoms in total. The van der Waals surface area contributed by atoms with Gasteiger partial charge in [-0.2, -0.15) is 4.31 Å². The first-order valence-electron chi connectivity index (χ1n) is 9.42. The molecule has 1 saturated heterocycles. The zero-order chi connectivity index (χ0) is 17.4. The molecule has 1 aromatic carbocycles. The van der Waals surface area contributed by atoms with Crippen molar-refractivity contribution in [2.45, 2.75) is 49.8 Å². The van der Waals surface area contributed by atoms with E-state index in [2.05, 4.69) is 5.32 Å². The van der Waals surface area contributed by atoms with Crippen LogP contribution in [0.25, 0.3) is 0 Å². The molecule has 0 radical (unpaired) electrons. The van der Waals surface area contributed by atoms with Gasteiger partial charge in [-0.05, 0) is 68.1 Å². The Bertz CT molecular complexity index is 756. The first-order chi connectivity index (χ1) is 12.0. The van der Waals surface area contributed by atoms with Crippen molar-refractivity contribution >= 4 is 21.6 Å². The van der Waals surface area contributed by atoms with Crippen LogP contribution in [0.15, 0.2) is 29.2 Å². The van der Waals surface area contributed by atoms with Gasteiger partial charge in [0.1, 0.15) is 0 Å². The molecule has 1 amide bonds. The fraction of sp³-hybridized carbons (Fsp3) is 0.632. The number of hydrogen-bond acceptors (Lipinski definition) is 3. The average Bonchev–Trinajstić information content (AvgIpc) is 3.33. The summed E-state index contributed by atoms with van der Waals surface area (Å²) in [7, 11) is -3.44. The number of nitrogens with one attached hydrogen (secondary N) is 1. The van der Waals surface area contributed by atoms with Crippen molar-refractivity contribution in [2.75, 3.05) is 18.4 Å². The van der Waals surface area contributed by atoms with Crippen molar-refractivity contribution in [3.8, 4) is 0 Å². The number of carbonyl (C=O) groups excluding carboxylic acids is 1. The highest BCUT2D eigenvalue weighted by Gasteiger charge is 2.40. The number of nitrogens with zero attached hydrogens (tertiary/aromatic N) is 1. The molecule has 136 valence electrons. The maximum absolute atomic E-state index is 12.7. The van der Waals surface area contributed by atoms with E-state index in [-0.39, 0.29) is 10.8 Å². The van der Waals surface area contributed by atoms with Gasteiger partial charge in [-0.1, -0.05) is 12.5 Å². The standard InChI is InChI=1S/C19H26N2O3S/c22-19(12-16-11-14-6-7-15(16)10-14)20-17-4-3-5-18(13-17)25(23,24)21-8-1-2-9-21/h3-5,13-16H,1-2,6-12H2,(H,20,22)/t14-,15-,16+/m0/s1. The summed E-state index contributed by atoms with van der Waals surface area (Å²) in [4.78, 5) is 12.7. The Kier molecular flexibility index (Phi) is 4.58. The summed E-state index contributed by atoms with van der Waals surface area (Å²) in [6.07, 6.45) is 7.47. The van der Waals surface area contributed by atoms with Gasteiger partial charge in [0.2, 0.25) is 15.9 Å². The third-order valence-electron chi connectivity index (χ3n) is 6.15. The molecule has 3 atom stereocenters. The van der Waals surface area contributed by atoms with E-state index in [9.17, 15) is 13.2 Å². The molecule has 0 spiro atoms. The predicted octanol–water partition coefficient (Wildman–Crippen LogP) is 3.24. The van der Waals surface area contributed by atoms with E-state index >= 15 is 0 Å². The molecule has 3 aliphatic rings. The van der Waals surface area contributed by atoms with Crippen LogP contribution in [0.4, 0.5) is 5.69 Å². The van der Waals surface area contributed by atoms with Crippen molar-refractivity contribution in [1.82, 2.24) is 4.31 Å². The summed E-state index contributed by atoms with van der Waals surface area (Å²) < 4.78 is 26.8. The van der Waals surface area contributed by atoms with Crippen LogP contribution in [-0.2, 0) is 14.8 Å². The van der Waals surface area contributed by atoms with Gasteiger partial charge in [0.25, 0.3) is 0 Å². The molecule has 2 aliphatic carbocycles. The minimum Gasteiger partial charge on any atom is -0.326 e. The van der Waals surface area contributed by atoms with Gasteiger partial charge in [-0.25, -0.2) is 8.42 Å². The van der Waals surface area contributed by atoms with E-state index in [0.717, 1.165) is 24.7 Å². The minimum absolute atomic E-state index is 0.00766. The Hall–Kier alpha value is -1.40. The minimum atomic E-state index is -3.44. The lowest BCUT2D eigenvalue weighted by molar-refractivity contribution is -0.117. The second-order valence-electron chi connectivity index (χ2n) is 7.83. The molecule has 6 heteroatoms. The van der Waals surface area contributed by atoms with Crippen LogP contribution in [0.1, 0.15) is 44.9 Å². The lowest BCUT2D eigenvalue weighted by Gasteiger charge is -2.21. The van der Waals surface area contributed by atoms with E-state index in [4.69, 9.17) is 0 Å². The number of carbonyl (C=O) groups is 1. The molecule has 1 aromatic rings. The largest absolute Gasteiger partial charge is 0.326 e. The van der Waals surface area contributed by atoms with Gasteiger partial charge >= 0.3 is 0 Å². The van der Waals surface area contributed by atoms with Crippen LogP contribution < -0.4 is 5.32 Å². The molecule has 1 aliphatic heterocycles. The average molecular weight is 362 g/mol. The number of anilines is 1. The quantitative estimate of drug-likeness (QED) is 0.874. The molecular formula is C19H26N2O3S. The van der Waals surface area contributed by atoms with E-state index in [0.29, 0.717) is 31.1 Å². The van der Waals surface area contributed by atoms with Crippen molar-refractivity contribution < 1.29 is 13.2 Å². The first kappa shape index (κ1) is 17.0. The van der Waals surface area contributed by atoms with E-state index in [1.807, 2.05) is 0 Å². The molecule has 0 unspecified atom stereocenters. The zero-order valence-corrected chi connectivity index (χ0v) is 15.3. The van der Waals surface area contributed by atoms with E-state index in [1.165, 1.54) is 30.0 Å². The van der Waals surface area contributed by atoms with Crippen LogP contribution in [-0.4, -0.2) is 31.7 Å². The second-order valence-corrected chi connectivity index (χ2v) is 9.76. The highest BCUT2D eigenvalue weighted by atomic mass is 32.2. The summed E-state index contributed by atoms with van der Waals surface area (Å²) >= 11 is 0. The molecule has 4 rings (SSSR count). The fourth-order valence-corrected chi connectivity index (χ4v) is 6.45. The molecule has 1 heterocycles. The number of rotatable bonds is 5. The SMILES string of the molecule is O=C(C[C@H]1C[C@H]2CC[C@H]1C2)Nc1cccc(S(=O)(=O)N2CCCC2)c1. The lowest BCUT2D eigenvalue weighted by Crippen LogP contribution is -2.28. The Morgan fingerprint density at radius 1 is 1.16 bits per heavy atom. The molecule has 2 saturated carbocycles. The number of hydrogen-bond donors (Lipinski definition) is 1. The molecule has 1 N–H and O–H groups in total. The number of amides is 1. The van der Waals surface area contributed by atoms with Crippen LogP contribution in [0.2, 0.25) is 0 Å². The van der Waals surface area contributed by atoms with E-state index < -0.39 is 10.0 Å². The summed E-state index contributed by atoms with van der Waals surface area (Å²) in [5.74, 6) is 2.07. The molecule has 3 fully saturated rings. The van der Waals surface area contributed by atoms with Crippen LogP contribution in [0.5, 0.6) is 0 Å². The highest BCUT2D eigenvalue weighted by Crippen LogP contribution is 2.49. The van der Waals surface area contributed by atoms with E-state index in [1.54, 1.807) is 24.3 Å². The summed E-state index contributed by atoms with van der Waals surface area (Å²) in [6, 6.07) is 6.67. The Labute approximate surface area is 149 Å². The Balaban J connectivity index is 1.42. The number of benzene rings is 1. The maximum atomic E-state index is 12.7. The molecular weight excluding hydrogens is 336 g/mol. The maximum Gasteiger partial charge on any atom is 0.243 e. The third-order valence-corrected chi connectivity index (χ3v) is 8.05. The monoisotopic (exact) mass is 362 g/mol. The van der Waals surface area contributed by atoms with Gasteiger partial charge < -0.3 is 5.32 Å². The highest BCUT2D eigenvalue weighted by molar-refractivity contribution is 7.89. The molecule has 0 aromatic heterocycles. The summed E-state index contributed by atoms with van der Waals surface area (Å²) in [5.41, 5.74) is 0.577. The Morgan fingerprint density at radius 3 is 2.64 bits per heavy atom. The fourth-order valence-electron chi connectivity index (χ4n) is 4.89. The smallest absolute Gasteiger partial charge is 0.243 e. The van der Waals surface area contributed by atoms with Gasteiger partial charge in [-0.3, -0.25) is 4.79 Å². The number of fused-ring (bicyclic) bond motifs is 2. The number of sulfonamides is 1. The van der Waals surface area contributed by atoms with Crippen molar-refractivity contribution in [2.24, 2.45) is 17.8 Å². The van der Waals surface area contributed by atoms with Crippen LogP contribution in [0, 0.1) is 17.8 Å². The zero-order valence-electron chi connectivity index (χ0n) is 14.5. The van der Waals surface area contributed by atoms with Crippen molar-refractivity contribution in [1.29, 1.82) is 0 Å². The van der Waals surface area contributed by atoms with Gasteiger partial charge in [0.15, 0.2) is 0 Å². The van der Waals surface area contributed by atoms with Gasteiger partial charge in [0.05, 0.1) is 4.90 Å². The predicted molar refractivity (Wildman–Crippen MR) is 96.6 cm³/mol. The van der Waals surface area contributed by atoms with Gasteiger partial charge in [-0.15, -0.1) is 0 Å². The van der Waals surface area contributed by atoms with Crippen molar-refractivity contribution in [3.05, 3.63) is 24.3 Å². The first-order valence-corrected chi connectivity index (χ1v) is 10.9. The molecule has 2 bridgehead atoms.